The summed E-state index contributed by atoms with van der Waals surface area (Å²) in [5.74, 6) is 1.80. The molecular formula is C24H26N6OS. The van der Waals surface area contributed by atoms with Crippen molar-refractivity contribution in [3.63, 3.8) is 0 Å². The van der Waals surface area contributed by atoms with E-state index in [4.69, 9.17) is 4.74 Å². The molecule has 0 amide bonds. The van der Waals surface area contributed by atoms with E-state index in [1.54, 1.807) is 11.3 Å². The molecule has 1 aliphatic rings. The zero-order chi connectivity index (χ0) is 21.9. The Bertz CT molecular complexity index is 1200. The molecule has 3 heterocycles. The van der Waals surface area contributed by atoms with Crippen LogP contribution in [0.2, 0.25) is 0 Å². The molecule has 0 atom stereocenters. The number of nitrogens with one attached hydrogen (secondary N) is 2. The van der Waals surface area contributed by atoms with Gasteiger partial charge in [-0.1, -0.05) is 6.07 Å². The van der Waals surface area contributed by atoms with Crippen LogP contribution in [0.3, 0.4) is 0 Å². The van der Waals surface area contributed by atoms with Crippen LogP contribution >= 0.6 is 11.3 Å². The number of benzene rings is 2. The van der Waals surface area contributed by atoms with Crippen molar-refractivity contribution in [1.29, 1.82) is 0 Å². The lowest BCUT2D eigenvalue weighted by atomic mass is 10.2. The zero-order valence-electron chi connectivity index (χ0n) is 18.2. The second-order valence-electron chi connectivity index (χ2n) is 7.83. The van der Waals surface area contributed by atoms with Gasteiger partial charge in [-0.05, 0) is 54.9 Å². The van der Waals surface area contributed by atoms with Gasteiger partial charge in [0.05, 0.1) is 5.52 Å². The van der Waals surface area contributed by atoms with E-state index in [0.29, 0.717) is 11.8 Å². The van der Waals surface area contributed by atoms with E-state index in [-0.39, 0.29) is 0 Å². The van der Waals surface area contributed by atoms with Crippen molar-refractivity contribution in [1.82, 2.24) is 14.9 Å². The number of hydrogen-bond acceptors (Lipinski definition) is 8. The molecule has 164 valence electrons. The van der Waals surface area contributed by atoms with Gasteiger partial charge < -0.3 is 25.2 Å². The zero-order valence-corrected chi connectivity index (χ0v) is 19.0. The molecule has 1 aliphatic heterocycles. The van der Waals surface area contributed by atoms with Crippen LogP contribution in [0.15, 0.2) is 60.0 Å². The largest absolute Gasteiger partial charge is 0.437 e. The van der Waals surface area contributed by atoms with Crippen molar-refractivity contribution in [2.45, 2.75) is 0 Å². The third-order valence-corrected chi connectivity index (χ3v) is 6.49. The molecular weight excluding hydrogens is 420 g/mol. The Balaban J connectivity index is 1.36. The Labute approximate surface area is 191 Å². The Kier molecular flexibility index (Phi) is 5.79. The summed E-state index contributed by atoms with van der Waals surface area (Å²) < 4.78 is 7.07. The van der Waals surface area contributed by atoms with E-state index >= 15 is 0 Å². The van der Waals surface area contributed by atoms with Crippen LogP contribution in [0.1, 0.15) is 0 Å². The van der Waals surface area contributed by atoms with Crippen molar-refractivity contribution in [3.8, 4) is 11.6 Å². The van der Waals surface area contributed by atoms with Gasteiger partial charge in [0.1, 0.15) is 10.4 Å². The van der Waals surface area contributed by atoms with Crippen molar-refractivity contribution in [2.24, 2.45) is 0 Å². The summed E-state index contributed by atoms with van der Waals surface area (Å²) in [7, 11) is 4.06. The Hall–Kier alpha value is -3.36. The van der Waals surface area contributed by atoms with E-state index in [2.05, 4.69) is 61.7 Å². The molecule has 0 aliphatic carbocycles. The van der Waals surface area contributed by atoms with Crippen molar-refractivity contribution < 1.29 is 4.74 Å². The van der Waals surface area contributed by atoms with Gasteiger partial charge in [-0.15, -0.1) is 11.3 Å². The fourth-order valence-corrected chi connectivity index (χ4v) is 4.49. The second-order valence-corrected chi connectivity index (χ2v) is 8.75. The standard InChI is InChI=1S/C24H26N6OS/c1-25-18-4-3-5-20(16-18)31-23-22-21(10-15-32-22)27-24(28-23)26-17-6-8-19(9-7-17)30-13-11-29(2)12-14-30/h3-10,15-16,25H,11-14H2,1-2H3,(H,26,27,28). The van der Waals surface area contributed by atoms with E-state index in [0.717, 1.165) is 53.5 Å². The van der Waals surface area contributed by atoms with Gasteiger partial charge in [0.25, 0.3) is 0 Å². The number of ether oxygens (including phenoxy) is 1. The molecule has 0 spiro atoms. The van der Waals surface area contributed by atoms with Crippen molar-refractivity contribution in [2.75, 3.05) is 55.8 Å². The van der Waals surface area contributed by atoms with Crippen LogP contribution in [0, 0.1) is 0 Å². The highest BCUT2D eigenvalue weighted by molar-refractivity contribution is 7.17. The third kappa shape index (κ3) is 4.46. The predicted octanol–water partition coefficient (Wildman–Crippen LogP) is 5.02. The van der Waals surface area contributed by atoms with E-state index in [1.807, 2.05) is 42.8 Å². The molecule has 1 fully saturated rings. The number of fused-ring (bicyclic) bond motifs is 1. The fraction of sp³-hybridized carbons (Fsp3) is 0.250. The minimum absolute atomic E-state index is 0.517. The minimum Gasteiger partial charge on any atom is -0.437 e. The lowest BCUT2D eigenvalue weighted by molar-refractivity contribution is 0.313. The number of aromatic nitrogens is 2. The van der Waals surface area contributed by atoms with Crippen molar-refractivity contribution in [3.05, 3.63) is 60.0 Å². The summed E-state index contributed by atoms with van der Waals surface area (Å²) in [6, 6.07) is 18.3. The maximum Gasteiger partial charge on any atom is 0.242 e. The maximum atomic E-state index is 6.15. The van der Waals surface area contributed by atoms with E-state index < -0.39 is 0 Å². The molecule has 2 aromatic heterocycles. The van der Waals surface area contributed by atoms with Crippen LogP contribution < -0.4 is 20.3 Å². The maximum absolute atomic E-state index is 6.15. The normalized spacial score (nSPS) is 14.5. The van der Waals surface area contributed by atoms with Gasteiger partial charge in [0.15, 0.2) is 0 Å². The second kappa shape index (κ2) is 9.02. The van der Waals surface area contributed by atoms with Crippen LogP contribution in [-0.4, -0.2) is 55.1 Å². The molecule has 0 unspecified atom stereocenters. The SMILES string of the molecule is CNc1cccc(Oc2nc(Nc3ccc(N4CCN(C)CC4)cc3)nc3ccsc23)c1. The first kappa shape index (κ1) is 20.5. The van der Waals surface area contributed by atoms with E-state index in [9.17, 15) is 0 Å². The number of likely N-dealkylation sites (N-methyl/N-ethyl adjacent to an activating group) is 1. The molecule has 0 bridgehead atoms. The van der Waals surface area contributed by atoms with Gasteiger partial charge in [-0.2, -0.15) is 4.98 Å². The third-order valence-electron chi connectivity index (χ3n) is 5.60. The Morgan fingerprint density at radius 2 is 1.75 bits per heavy atom. The summed E-state index contributed by atoms with van der Waals surface area (Å²) >= 11 is 1.57. The van der Waals surface area contributed by atoms with Gasteiger partial charge in [-0.3, -0.25) is 0 Å². The molecule has 32 heavy (non-hydrogen) atoms. The van der Waals surface area contributed by atoms with Gasteiger partial charge in [0, 0.05) is 56.4 Å². The monoisotopic (exact) mass is 446 g/mol. The predicted molar refractivity (Wildman–Crippen MR) is 133 cm³/mol. The number of rotatable bonds is 6. The first-order valence-electron chi connectivity index (χ1n) is 10.7. The summed E-state index contributed by atoms with van der Waals surface area (Å²) in [6.07, 6.45) is 0. The summed E-state index contributed by atoms with van der Waals surface area (Å²) in [5.41, 5.74) is 4.03. The highest BCUT2D eigenvalue weighted by Gasteiger charge is 2.15. The van der Waals surface area contributed by atoms with Gasteiger partial charge in [-0.25, -0.2) is 4.98 Å². The van der Waals surface area contributed by atoms with Crippen LogP contribution in [0.4, 0.5) is 23.0 Å². The lowest BCUT2D eigenvalue weighted by Gasteiger charge is -2.34. The minimum atomic E-state index is 0.517. The molecule has 0 saturated carbocycles. The number of hydrogen-bond donors (Lipinski definition) is 2. The molecule has 1 saturated heterocycles. The Morgan fingerprint density at radius 1 is 0.938 bits per heavy atom. The number of piperazine rings is 1. The molecule has 4 aromatic rings. The van der Waals surface area contributed by atoms with Gasteiger partial charge >= 0.3 is 0 Å². The number of thiophene rings is 1. The van der Waals surface area contributed by atoms with Crippen LogP contribution in [0.25, 0.3) is 10.2 Å². The highest BCUT2D eigenvalue weighted by atomic mass is 32.1. The summed E-state index contributed by atoms with van der Waals surface area (Å²) in [4.78, 5) is 14.1. The first-order valence-corrected chi connectivity index (χ1v) is 11.6. The lowest BCUT2D eigenvalue weighted by Crippen LogP contribution is -2.44. The number of nitrogens with zero attached hydrogens (tertiary/aromatic N) is 4. The molecule has 0 radical (unpaired) electrons. The fourth-order valence-electron chi connectivity index (χ4n) is 3.74. The van der Waals surface area contributed by atoms with Crippen molar-refractivity contribution >= 4 is 44.6 Å². The molecule has 5 rings (SSSR count). The average molecular weight is 447 g/mol. The van der Waals surface area contributed by atoms with Crippen LogP contribution in [-0.2, 0) is 0 Å². The Morgan fingerprint density at radius 3 is 2.53 bits per heavy atom. The number of anilines is 4. The van der Waals surface area contributed by atoms with Gasteiger partial charge in [0.2, 0.25) is 11.8 Å². The summed E-state index contributed by atoms with van der Waals surface area (Å²) in [6.45, 7) is 4.29. The smallest absolute Gasteiger partial charge is 0.242 e. The topological polar surface area (TPSA) is 65.6 Å². The highest BCUT2D eigenvalue weighted by Crippen LogP contribution is 2.33. The molecule has 2 N–H and O–H groups in total. The molecule has 8 heteroatoms. The summed E-state index contributed by atoms with van der Waals surface area (Å²) in [5, 5.41) is 8.47. The van der Waals surface area contributed by atoms with E-state index in [1.165, 1.54) is 5.69 Å². The quantitative estimate of drug-likeness (QED) is 0.431. The molecule has 2 aromatic carbocycles. The average Bonchev–Trinajstić information content (AvgIpc) is 3.29. The first-order chi connectivity index (χ1) is 15.7. The molecule has 7 nitrogen and oxygen atoms in total. The van der Waals surface area contributed by atoms with Crippen LogP contribution in [0.5, 0.6) is 11.6 Å².